The number of benzene rings is 2. The smallest absolute Gasteiger partial charge is 0.341 e. The number of ether oxygens (including phenoxy) is 1. The average molecular weight is 348 g/mol. The zero-order chi connectivity index (χ0) is 16.8. The maximum atomic E-state index is 10.4. The largest absolute Gasteiger partial charge is 0.482 e. The molecule has 0 saturated heterocycles. The Morgan fingerprint density at radius 2 is 1.87 bits per heavy atom. The molecule has 0 fully saturated rings. The fourth-order valence-corrected chi connectivity index (χ4v) is 2.11. The van der Waals surface area contributed by atoms with Gasteiger partial charge in [-0.15, -0.1) is 0 Å². The Balaban J connectivity index is 2.22. The monoisotopic (exact) mass is 347 g/mol. The Morgan fingerprint density at radius 1 is 1.17 bits per heavy atom. The minimum atomic E-state index is -1.04. The van der Waals surface area contributed by atoms with Crippen molar-refractivity contribution in [2.75, 3.05) is 6.61 Å². The second-order valence-corrected chi connectivity index (χ2v) is 5.36. The van der Waals surface area contributed by atoms with Gasteiger partial charge in [0.15, 0.2) is 6.61 Å². The number of rotatable bonds is 5. The molecule has 0 aliphatic rings. The summed E-state index contributed by atoms with van der Waals surface area (Å²) in [6, 6.07) is 13.8. The van der Waals surface area contributed by atoms with Crippen molar-refractivity contribution in [3.8, 4) is 11.8 Å². The minimum absolute atomic E-state index is 0.378. The van der Waals surface area contributed by atoms with Crippen LogP contribution in [0.3, 0.4) is 0 Å². The van der Waals surface area contributed by atoms with Crippen molar-refractivity contribution in [3.63, 3.8) is 0 Å². The van der Waals surface area contributed by atoms with Crippen LogP contribution in [0.2, 0.25) is 10.0 Å². The van der Waals surface area contributed by atoms with Crippen LogP contribution in [0.25, 0.3) is 11.6 Å². The lowest BCUT2D eigenvalue weighted by molar-refractivity contribution is -0.139. The number of aliphatic carboxylic acids is 1. The minimum Gasteiger partial charge on any atom is -0.482 e. The molecule has 0 amide bonds. The van der Waals surface area contributed by atoms with E-state index in [2.05, 4.69) is 6.07 Å². The van der Waals surface area contributed by atoms with Crippen molar-refractivity contribution >= 4 is 40.8 Å². The molecular formula is C17H11Cl2NO3. The van der Waals surface area contributed by atoms with Gasteiger partial charge in [-0.25, -0.2) is 4.79 Å². The van der Waals surface area contributed by atoms with E-state index < -0.39 is 12.6 Å². The summed E-state index contributed by atoms with van der Waals surface area (Å²) < 4.78 is 5.05. The molecule has 0 saturated carbocycles. The number of hydrogen-bond donors (Lipinski definition) is 1. The zero-order valence-corrected chi connectivity index (χ0v) is 13.3. The van der Waals surface area contributed by atoms with E-state index in [0.717, 1.165) is 5.56 Å². The number of halogens is 2. The molecule has 23 heavy (non-hydrogen) atoms. The Hall–Kier alpha value is -2.48. The molecule has 0 aliphatic heterocycles. The lowest BCUT2D eigenvalue weighted by Crippen LogP contribution is -2.09. The number of allylic oxidation sites excluding steroid dienone is 1. The van der Waals surface area contributed by atoms with Gasteiger partial charge in [0.25, 0.3) is 0 Å². The highest BCUT2D eigenvalue weighted by Crippen LogP contribution is 2.27. The van der Waals surface area contributed by atoms with Crippen molar-refractivity contribution in [3.05, 3.63) is 63.6 Å². The van der Waals surface area contributed by atoms with Gasteiger partial charge in [-0.05, 0) is 41.5 Å². The van der Waals surface area contributed by atoms with Crippen LogP contribution in [-0.4, -0.2) is 17.7 Å². The molecular weight excluding hydrogens is 337 g/mol. The van der Waals surface area contributed by atoms with Crippen LogP contribution in [0.4, 0.5) is 0 Å². The summed E-state index contributed by atoms with van der Waals surface area (Å²) in [7, 11) is 0. The van der Waals surface area contributed by atoms with Gasteiger partial charge in [-0.1, -0.05) is 41.4 Å². The third-order valence-electron chi connectivity index (χ3n) is 2.90. The first-order valence-corrected chi connectivity index (χ1v) is 7.27. The molecule has 2 aromatic carbocycles. The first-order valence-electron chi connectivity index (χ1n) is 6.51. The van der Waals surface area contributed by atoms with Gasteiger partial charge in [-0.2, -0.15) is 5.26 Å². The summed E-state index contributed by atoms with van der Waals surface area (Å²) in [5, 5.41) is 18.7. The number of nitrogens with zero attached hydrogens (tertiary/aromatic N) is 1. The summed E-state index contributed by atoms with van der Waals surface area (Å²) in [6.07, 6.45) is 1.69. The van der Waals surface area contributed by atoms with Crippen LogP contribution >= 0.6 is 23.2 Å². The molecule has 6 heteroatoms. The summed E-state index contributed by atoms with van der Waals surface area (Å²) in [5.41, 5.74) is 1.87. The molecule has 4 nitrogen and oxygen atoms in total. The van der Waals surface area contributed by atoms with E-state index in [1.165, 1.54) is 0 Å². The highest BCUT2D eigenvalue weighted by atomic mass is 35.5. The molecule has 116 valence electrons. The SMILES string of the molecule is N#C/C(=C/c1ccc(OCC(=O)O)cc1)c1ccc(Cl)c(Cl)c1. The molecule has 0 heterocycles. The zero-order valence-electron chi connectivity index (χ0n) is 11.8. The first-order chi connectivity index (χ1) is 11.0. The number of carboxylic acid groups (broad SMARTS) is 1. The maximum absolute atomic E-state index is 10.4. The summed E-state index contributed by atoms with van der Waals surface area (Å²) >= 11 is 11.8. The number of carboxylic acids is 1. The molecule has 0 spiro atoms. The average Bonchev–Trinajstić information content (AvgIpc) is 2.54. The van der Waals surface area contributed by atoms with Crippen LogP contribution in [0.15, 0.2) is 42.5 Å². The number of hydrogen-bond acceptors (Lipinski definition) is 3. The second-order valence-electron chi connectivity index (χ2n) is 4.55. The summed E-state index contributed by atoms with van der Waals surface area (Å²) in [5.74, 6) is -0.599. The topological polar surface area (TPSA) is 70.3 Å². The summed E-state index contributed by atoms with van der Waals surface area (Å²) in [4.78, 5) is 10.4. The van der Waals surface area contributed by atoms with Gasteiger partial charge in [0.2, 0.25) is 0 Å². The lowest BCUT2D eigenvalue weighted by Gasteiger charge is -2.04. The molecule has 0 radical (unpaired) electrons. The van der Waals surface area contributed by atoms with Gasteiger partial charge in [0.05, 0.1) is 21.7 Å². The standard InChI is InChI=1S/C17H11Cl2NO3/c18-15-6-3-12(8-16(15)19)13(9-20)7-11-1-4-14(5-2-11)23-10-17(21)22/h1-8H,10H2,(H,21,22)/b13-7-. The lowest BCUT2D eigenvalue weighted by atomic mass is 10.0. The highest BCUT2D eigenvalue weighted by molar-refractivity contribution is 6.42. The molecule has 2 aromatic rings. The predicted molar refractivity (Wildman–Crippen MR) is 89.5 cm³/mol. The molecule has 1 N–H and O–H groups in total. The van der Waals surface area contributed by atoms with Crippen molar-refractivity contribution in [1.82, 2.24) is 0 Å². The number of carbonyl (C=O) groups is 1. The van der Waals surface area contributed by atoms with E-state index in [9.17, 15) is 10.1 Å². The van der Waals surface area contributed by atoms with E-state index in [1.807, 2.05) is 0 Å². The van der Waals surface area contributed by atoms with Crippen LogP contribution in [0.5, 0.6) is 5.75 Å². The van der Waals surface area contributed by atoms with Crippen molar-refractivity contribution in [1.29, 1.82) is 5.26 Å². The predicted octanol–water partition coefficient (Wildman–Crippen LogP) is 4.52. The van der Waals surface area contributed by atoms with E-state index in [1.54, 1.807) is 48.5 Å². The Kier molecular flexibility index (Phi) is 5.64. The van der Waals surface area contributed by atoms with E-state index in [0.29, 0.717) is 26.9 Å². The van der Waals surface area contributed by atoms with E-state index in [4.69, 9.17) is 33.0 Å². The van der Waals surface area contributed by atoms with E-state index in [-0.39, 0.29) is 0 Å². The highest BCUT2D eigenvalue weighted by Gasteiger charge is 2.05. The molecule has 2 rings (SSSR count). The Labute approximate surface area is 143 Å². The maximum Gasteiger partial charge on any atom is 0.341 e. The second kappa shape index (κ2) is 7.68. The molecule has 0 aliphatic carbocycles. The van der Waals surface area contributed by atoms with Gasteiger partial charge < -0.3 is 9.84 Å². The van der Waals surface area contributed by atoms with Gasteiger partial charge >= 0.3 is 5.97 Å². The van der Waals surface area contributed by atoms with Gasteiger partial charge in [-0.3, -0.25) is 0 Å². The third-order valence-corrected chi connectivity index (χ3v) is 3.64. The quantitative estimate of drug-likeness (QED) is 0.637. The number of nitriles is 1. The van der Waals surface area contributed by atoms with E-state index >= 15 is 0 Å². The Morgan fingerprint density at radius 3 is 2.43 bits per heavy atom. The van der Waals surface area contributed by atoms with Crippen LogP contribution in [0, 0.1) is 11.3 Å². The van der Waals surface area contributed by atoms with Crippen molar-refractivity contribution in [2.24, 2.45) is 0 Å². The molecule has 0 atom stereocenters. The van der Waals surface area contributed by atoms with Crippen LogP contribution in [0.1, 0.15) is 11.1 Å². The van der Waals surface area contributed by atoms with Crippen LogP contribution < -0.4 is 4.74 Å². The molecule has 0 unspecified atom stereocenters. The Bertz CT molecular complexity index is 792. The normalized spacial score (nSPS) is 10.9. The third kappa shape index (κ3) is 4.75. The van der Waals surface area contributed by atoms with Gasteiger partial charge in [0.1, 0.15) is 5.75 Å². The molecule has 0 bridgehead atoms. The summed E-state index contributed by atoms with van der Waals surface area (Å²) in [6.45, 7) is -0.401. The van der Waals surface area contributed by atoms with Gasteiger partial charge in [0, 0.05) is 0 Å². The van der Waals surface area contributed by atoms with Crippen LogP contribution in [-0.2, 0) is 4.79 Å². The first kappa shape index (κ1) is 16.9. The fourth-order valence-electron chi connectivity index (χ4n) is 1.82. The molecule has 0 aromatic heterocycles. The van der Waals surface area contributed by atoms with Crippen molar-refractivity contribution < 1.29 is 14.6 Å². The van der Waals surface area contributed by atoms with Crippen molar-refractivity contribution in [2.45, 2.75) is 0 Å². The fraction of sp³-hybridized carbons (Fsp3) is 0.0588.